The molecular weight excluding hydrogens is 338 g/mol. The number of rotatable bonds is 12. The van der Waals surface area contributed by atoms with Crippen molar-refractivity contribution in [2.45, 2.75) is 57.4 Å². The number of aliphatic hydroxyl groups excluding tert-OH is 1. The van der Waals surface area contributed by atoms with Crippen molar-refractivity contribution in [1.29, 1.82) is 0 Å². The van der Waals surface area contributed by atoms with Crippen molar-refractivity contribution in [3.8, 4) is 0 Å². The molecule has 1 aliphatic rings. The summed E-state index contributed by atoms with van der Waals surface area (Å²) in [6.07, 6.45) is 9.81. The Balaban J connectivity index is 1.54. The minimum Gasteiger partial charge on any atom is -0.396 e. The Hall–Kier alpha value is -1.43. The number of piperazine rings is 1. The minimum atomic E-state index is -0.546. The third kappa shape index (κ3) is 7.99. The lowest BCUT2D eigenvalue weighted by atomic mass is 10.1. The van der Waals surface area contributed by atoms with E-state index in [1.165, 1.54) is 38.5 Å². The highest BCUT2D eigenvalue weighted by Crippen LogP contribution is 2.15. The van der Waals surface area contributed by atoms with Gasteiger partial charge in [0.25, 0.3) is 0 Å². The van der Waals surface area contributed by atoms with Gasteiger partial charge in [-0.3, -0.25) is 9.69 Å². The van der Waals surface area contributed by atoms with Crippen LogP contribution < -0.4 is 5.73 Å². The first-order valence-electron chi connectivity index (χ1n) is 10.6. The largest absolute Gasteiger partial charge is 0.396 e. The van der Waals surface area contributed by atoms with Gasteiger partial charge in [-0.2, -0.15) is 0 Å². The van der Waals surface area contributed by atoms with E-state index < -0.39 is 6.04 Å². The molecule has 0 aliphatic carbocycles. The highest BCUT2D eigenvalue weighted by atomic mass is 16.2. The second-order valence-corrected chi connectivity index (χ2v) is 7.61. The molecule has 0 radical (unpaired) electrons. The van der Waals surface area contributed by atoms with Crippen LogP contribution in [0.1, 0.15) is 63.0 Å². The monoisotopic (exact) mass is 375 g/mol. The molecule has 1 amide bonds. The van der Waals surface area contributed by atoms with Gasteiger partial charge in [0.05, 0.1) is 0 Å². The van der Waals surface area contributed by atoms with Crippen molar-refractivity contribution in [3.05, 3.63) is 35.9 Å². The standard InChI is InChI=1S/C22H37N3O2/c23-21(20-12-8-7-9-13-20)22(27)25-17-15-24(16-18-25)14-10-5-3-1-2-4-6-11-19-26/h7-9,12-13,21,26H,1-6,10-11,14-19,23H2. The SMILES string of the molecule is NC(C(=O)N1CCN(CCCCCCCCCCO)CC1)c1ccccc1. The molecule has 2 rings (SSSR count). The van der Waals surface area contributed by atoms with Crippen LogP contribution in [0.5, 0.6) is 0 Å². The highest BCUT2D eigenvalue weighted by Gasteiger charge is 2.25. The Morgan fingerprint density at radius 3 is 2.04 bits per heavy atom. The molecule has 1 aromatic carbocycles. The molecule has 1 atom stereocenters. The average molecular weight is 376 g/mol. The first-order valence-corrected chi connectivity index (χ1v) is 10.6. The Kier molecular flexibility index (Phi) is 10.4. The lowest BCUT2D eigenvalue weighted by Crippen LogP contribution is -2.51. The molecule has 1 heterocycles. The summed E-state index contributed by atoms with van der Waals surface area (Å²) in [7, 11) is 0. The maximum absolute atomic E-state index is 12.6. The lowest BCUT2D eigenvalue weighted by molar-refractivity contribution is -0.134. The summed E-state index contributed by atoms with van der Waals surface area (Å²) >= 11 is 0. The molecule has 0 saturated carbocycles. The van der Waals surface area contributed by atoms with Crippen LogP contribution in [-0.2, 0) is 4.79 Å². The van der Waals surface area contributed by atoms with Crippen LogP contribution in [0.2, 0.25) is 0 Å². The Labute approximate surface area is 164 Å². The van der Waals surface area contributed by atoms with Crippen LogP contribution >= 0.6 is 0 Å². The van der Waals surface area contributed by atoms with Gasteiger partial charge in [0.2, 0.25) is 5.91 Å². The second kappa shape index (κ2) is 12.9. The summed E-state index contributed by atoms with van der Waals surface area (Å²) in [5, 5.41) is 8.76. The molecule has 3 N–H and O–H groups in total. The smallest absolute Gasteiger partial charge is 0.244 e. The number of aliphatic hydroxyl groups is 1. The van der Waals surface area contributed by atoms with E-state index >= 15 is 0 Å². The van der Waals surface area contributed by atoms with E-state index in [1.54, 1.807) is 0 Å². The maximum atomic E-state index is 12.6. The molecule has 5 heteroatoms. The molecule has 152 valence electrons. The van der Waals surface area contributed by atoms with Crippen LogP contribution in [-0.4, -0.2) is 60.1 Å². The van der Waals surface area contributed by atoms with Gasteiger partial charge < -0.3 is 15.7 Å². The summed E-state index contributed by atoms with van der Waals surface area (Å²) < 4.78 is 0. The first kappa shape index (κ1) is 21.9. The molecule has 1 saturated heterocycles. The first-order chi connectivity index (χ1) is 13.2. The number of benzene rings is 1. The predicted octanol–water partition coefficient (Wildman–Crippen LogP) is 2.94. The van der Waals surface area contributed by atoms with E-state index in [0.717, 1.165) is 51.1 Å². The predicted molar refractivity (Wildman–Crippen MR) is 110 cm³/mol. The highest BCUT2D eigenvalue weighted by molar-refractivity contribution is 5.83. The molecule has 0 aromatic heterocycles. The maximum Gasteiger partial charge on any atom is 0.244 e. The molecule has 1 aromatic rings. The topological polar surface area (TPSA) is 69.8 Å². The number of amides is 1. The Morgan fingerprint density at radius 1 is 0.889 bits per heavy atom. The zero-order chi connectivity index (χ0) is 19.3. The summed E-state index contributed by atoms with van der Waals surface area (Å²) in [4.78, 5) is 17.0. The van der Waals surface area contributed by atoms with Crippen molar-refractivity contribution in [1.82, 2.24) is 9.80 Å². The molecule has 0 bridgehead atoms. The lowest BCUT2D eigenvalue weighted by Gasteiger charge is -2.36. The van der Waals surface area contributed by atoms with Crippen LogP contribution in [0.4, 0.5) is 0 Å². The molecule has 1 unspecified atom stereocenters. The third-order valence-electron chi connectivity index (χ3n) is 5.49. The molecular formula is C22H37N3O2. The summed E-state index contributed by atoms with van der Waals surface area (Å²) in [6.45, 7) is 4.94. The van der Waals surface area contributed by atoms with Gasteiger partial charge >= 0.3 is 0 Å². The molecule has 1 aliphatic heterocycles. The molecule has 1 fully saturated rings. The van der Waals surface area contributed by atoms with Crippen molar-refractivity contribution >= 4 is 5.91 Å². The quantitative estimate of drug-likeness (QED) is 0.551. The van der Waals surface area contributed by atoms with Crippen molar-refractivity contribution in [2.75, 3.05) is 39.3 Å². The zero-order valence-electron chi connectivity index (χ0n) is 16.7. The van der Waals surface area contributed by atoms with E-state index in [-0.39, 0.29) is 5.91 Å². The van der Waals surface area contributed by atoms with Gasteiger partial charge in [-0.05, 0) is 24.9 Å². The summed E-state index contributed by atoms with van der Waals surface area (Å²) in [6, 6.07) is 9.09. The van der Waals surface area contributed by atoms with Gasteiger partial charge in [0.1, 0.15) is 6.04 Å². The second-order valence-electron chi connectivity index (χ2n) is 7.61. The van der Waals surface area contributed by atoms with E-state index in [1.807, 2.05) is 35.2 Å². The molecule has 0 spiro atoms. The normalized spacial score (nSPS) is 16.4. The van der Waals surface area contributed by atoms with Gasteiger partial charge in [-0.15, -0.1) is 0 Å². The number of nitrogens with zero attached hydrogens (tertiary/aromatic N) is 2. The van der Waals surface area contributed by atoms with Crippen molar-refractivity contribution in [2.24, 2.45) is 5.73 Å². The molecule has 5 nitrogen and oxygen atoms in total. The number of carbonyl (C=O) groups excluding carboxylic acids is 1. The van der Waals surface area contributed by atoms with E-state index in [0.29, 0.717) is 6.61 Å². The van der Waals surface area contributed by atoms with Gasteiger partial charge in [0.15, 0.2) is 0 Å². The Bertz CT molecular complexity index is 516. The fourth-order valence-corrected chi connectivity index (χ4v) is 3.70. The summed E-state index contributed by atoms with van der Waals surface area (Å²) in [5.74, 6) is 0.0436. The van der Waals surface area contributed by atoms with Crippen LogP contribution in [0.3, 0.4) is 0 Å². The number of nitrogens with two attached hydrogens (primary N) is 1. The van der Waals surface area contributed by atoms with Crippen molar-refractivity contribution < 1.29 is 9.90 Å². The van der Waals surface area contributed by atoms with Crippen LogP contribution in [0.15, 0.2) is 30.3 Å². The Morgan fingerprint density at radius 2 is 1.44 bits per heavy atom. The number of carbonyl (C=O) groups is 1. The van der Waals surface area contributed by atoms with E-state index in [2.05, 4.69) is 4.90 Å². The number of hydrogen-bond donors (Lipinski definition) is 2. The number of hydrogen-bond acceptors (Lipinski definition) is 4. The van der Waals surface area contributed by atoms with Gasteiger partial charge in [-0.1, -0.05) is 68.9 Å². The molecule has 27 heavy (non-hydrogen) atoms. The zero-order valence-corrected chi connectivity index (χ0v) is 16.7. The van der Waals surface area contributed by atoms with Crippen LogP contribution in [0, 0.1) is 0 Å². The average Bonchev–Trinajstić information content (AvgIpc) is 2.72. The van der Waals surface area contributed by atoms with Crippen molar-refractivity contribution in [3.63, 3.8) is 0 Å². The van der Waals surface area contributed by atoms with Crippen LogP contribution in [0.25, 0.3) is 0 Å². The number of unbranched alkanes of at least 4 members (excludes halogenated alkanes) is 7. The fourth-order valence-electron chi connectivity index (χ4n) is 3.70. The minimum absolute atomic E-state index is 0.0436. The summed E-state index contributed by atoms with van der Waals surface area (Å²) in [5.41, 5.74) is 7.04. The fraction of sp³-hybridized carbons (Fsp3) is 0.682. The van der Waals surface area contributed by atoms with E-state index in [9.17, 15) is 4.79 Å². The van der Waals surface area contributed by atoms with Gasteiger partial charge in [0, 0.05) is 32.8 Å². The third-order valence-corrected chi connectivity index (χ3v) is 5.49. The van der Waals surface area contributed by atoms with Gasteiger partial charge in [-0.25, -0.2) is 0 Å². The van der Waals surface area contributed by atoms with E-state index in [4.69, 9.17) is 10.8 Å².